The van der Waals surface area contributed by atoms with Gasteiger partial charge >= 0.3 is 5.97 Å². The number of esters is 1. The van der Waals surface area contributed by atoms with Gasteiger partial charge in [0.15, 0.2) is 6.61 Å². The van der Waals surface area contributed by atoms with Crippen LogP contribution in [0.25, 0.3) is 6.08 Å². The number of methoxy groups -OCH3 is 2. The molecule has 0 aliphatic carbocycles. The number of amides is 1. The Kier molecular flexibility index (Phi) is 8.27. The number of benzene rings is 2. The van der Waals surface area contributed by atoms with Crippen molar-refractivity contribution in [1.29, 1.82) is 0 Å². The van der Waals surface area contributed by atoms with Crippen LogP contribution < -0.4 is 14.8 Å². The van der Waals surface area contributed by atoms with E-state index in [-0.39, 0.29) is 12.5 Å². The van der Waals surface area contributed by atoms with Crippen molar-refractivity contribution in [1.82, 2.24) is 0 Å². The summed E-state index contributed by atoms with van der Waals surface area (Å²) < 4.78 is 15.4. The van der Waals surface area contributed by atoms with Crippen LogP contribution in [-0.2, 0) is 14.3 Å². The lowest BCUT2D eigenvalue weighted by Gasteiger charge is -2.15. The van der Waals surface area contributed by atoms with Crippen LogP contribution in [0.4, 0.5) is 5.69 Å². The van der Waals surface area contributed by atoms with Crippen molar-refractivity contribution in [3.63, 3.8) is 0 Å². The van der Waals surface area contributed by atoms with Gasteiger partial charge in [-0.1, -0.05) is 32.0 Å². The second-order valence-electron chi connectivity index (χ2n) is 6.53. The van der Waals surface area contributed by atoms with E-state index in [1.165, 1.54) is 6.08 Å². The maximum atomic E-state index is 12.2. The molecule has 1 atom stereocenters. The monoisotopic (exact) mass is 397 g/mol. The van der Waals surface area contributed by atoms with Gasteiger partial charge in [-0.05, 0) is 47.7 Å². The van der Waals surface area contributed by atoms with Crippen molar-refractivity contribution in [3.05, 3.63) is 59.7 Å². The topological polar surface area (TPSA) is 73.9 Å². The van der Waals surface area contributed by atoms with Gasteiger partial charge in [-0.25, -0.2) is 4.79 Å². The Hall–Kier alpha value is -3.28. The van der Waals surface area contributed by atoms with Crippen molar-refractivity contribution in [2.75, 3.05) is 26.1 Å². The molecular formula is C23H27NO5. The molecule has 154 valence electrons. The predicted octanol–water partition coefficient (Wildman–Crippen LogP) is 4.41. The molecule has 0 heterocycles. The van der Waals surface area contributed by atoms with Gasteiger partial charge in [0, 0.05) is 17.8 Å². The number of anilines is 1. The lowest BCUT2D eigenvalue weighted by Crippen LogP contribution is -2.21. The summed E-state index contributed by atoms with van der Waals surface area (Å²) in [7, 11) is 3.10. The van der Waals surface area contributed by atoms with Gasteiger partial charge < -0.3 is 19.5 Å². The Morgan fingerprint density at radius 1 is 1.07 bits per heavy atom. The molecule has 0 aliphatic rings. The minimum atomic E-state index is -0.614. The van der Waals surface area contributed by atoms with Crippen LogP contribution in [0.15, 0.2) is 48.5 Å². The van der Waals surface area contributed by atoms with E-state index < -0.39 is 5.97 Å². The van der Waals surface area contributed by atoms with Gasteiger partial charge in [-0.15, -0.1) is 0 Å². The first kappa shape index (κ1) is 22.0. The van der Waals surface area contributed by atoms with Gasteiger partial charge in [0.1, 0.15) is 11.5 Å². The second-order valence-corrected chi connectivity index (χ2v) is 6.53. The van der Waals surface area contributed by atoms with E-state index in [1.807, 2.05) is 24.3 Å². The zero-order valence-corrected chi connectivity index (χ0v) is 17.2. The van der Waals surface area contributed by atoms with E-state index in [1.54, 1.807) is 38.5 Å². The molecule has 0 saturated heterocycles. The van der Waals surface area contributed by atoms with Crippen LogP contribution in [0.1, 0.15) is 37.3 Å². The number of carbonyl (C=O) groups excluding carboxylic acids is 2. The third-order valence-corrected chi connectivity index (χ3v) is 4.51. The molecule has 2 aromatic carbocycles. The standard InChI is InChI=1S/C23H27NO5/c1-5-16(2)20-8-6-7-9-21(20)24-22(25)15-29-23(26)11-10-17-12-18(27-3)14-19(13-17)28-4/h6-14,16H,5,15H2,1-4H3,(H,24,25)/b11-10+/t16-/m1/s1. The molecule has 1 amide bonds. The molecule has 2 rings (SSSR count). The number of carbonyl (C=O) groups is 2. The van der Waals surface area contributed by atoms with E-state index in [0.717, 1.165) is 17.7 Å². The van der Waals surface area contributed by atoms with E-state index >= 15 is 0 Å². The quantitative estimate of drug-likeness (QED) is 0.501. The molecular weight excluding hydrogens is 370 g/mol. The van der Waals surface area contributed by atoms with Crippen LogP contribution in [0.5, 0.6) is 11.5 Å². The molecule has 6 heteroatoms. The van der Waals surface area contributed by atoms with Crippen molar-refractivity contribution >= 4 is 23.6 Å². The molecule has 0 saturated carbocycles. The third kappa shape index (κ3) is 6.68. The molecule has 0 unspecified atom stereocenters. The number of ether oxygens (including phenoxy) is 3. The lowest BCUT2D eigenvalue weighted by atomic mass is 9.97. The molecule has 29 heavy (non-hydrogen) atoms. The molecule has 6 nitrogen and oxygen atoms in total. The normalized spacial score (nSPS) is 11.7. The van der Waals surface area contributed by atoms with Crippen molar-refractivity contribution in [2.45, 2.75) is 26.2 Å². The molecule has 1 N–H and O–H groups in total. The zero-order valence-electron chi connectivity index (χ0n) is 17.2. The maximum absolute atomic E-state index is 12.2. The van der Waals surface area contributed by atoms with Crippen LogP contribution in [0.2, 0.25) is 0 Å². The summed E-state index contributed by atoms with van der Waals surface area (Å²) in [6.07, 6.45) is 3.79. The highest BCUT2D eigenvalue weighted by atomic mass is 16.5. The zero-order chi connectivity index (χ0) is 21.2. The highest BCUT2D eigenvalue weighted by Gasteiger charge is 2.12. The molecule has 0 radical (unpaired) electrons. The fourth-order valence-corrected chi connectivity index (χ4v) is 2.72. The minimum Gasteiger partial charge on any atom is -0.497 e. The summed E-state index contributed by atoms with van der Waals surface area (Å²) in [6.45, 7) is 3.83. The van der Waals surface area contributed by atoms with E-state index in [0.29, 0.717) is 23.0 Å². The Bertz CT molecular complexity index is 853. The summed E-state index contributed by atoms with van der Waals surface area (Å²) in [5.41, 5.74) is 2.51. The number of nitrogens with one attached hydrogen (secondary N) is 1. The summed E-state index contributed by atoms with van der Waals surface area (Å²) in [5.74, 6) is 0.535. The second kappa shape index (κ2) is 10.9. The first-order valence-corrected chi connectivity index (χ1v) is 9.43. The molecule has 0 aromatic heterocycles. The molecule has 0 bridgehead atoms. The van der Waals surface area contributed by atoms with E-state index in [9.17, 15) is 9.59 Å². The fraction of sp³-hybridized carbons (Fsp3) is 0.304. The first-order valence-electron chi connectivity index (χ1n) is 9.43. The number of hydrogen-bond acceptors (Lipinski definition) is 5. The van der Waals surface area contributed by atoms with Crippen LogP contribution in [0, 0.1) is 0 Å². The highest BCUT2D eigenvalue weighted by Crippen LogP contribution is 2.26. The van der Waals surface area contributed by atoms with Gasteiger partial charge in [-0.2, -0.15) is 0 Å². The van der Waals surface area contributed by atoms with Crippen LogP contribution in [-0.4, -0.2) is 32.7 Å². The number of hydrogen-bond donors (Lipinski definition) is 1. The van der Waals surface area contributed by atoms with Crippen LogP contribution in [0.3, 0.4) is 0 Å². The Morgan fingerprint density at radius 2 is 1.72 bits per heavy atom. The van der Waals surface area contributed by atoms with Gasteiger partial charge in [0.05, 0.1) is 14.2 Å². The highest BCUT2D eigenvalue weighted by molar-refractivity contribution is 5.95. The van der Waals surface area contributed by atoms with Crippen molar-refractivity contribution in [3.8, 4) is 11.5 Å². The van der Waals surface area contributed by atoms with Gasteiger partial charge in [0.2, 0.25) is 0 Å². The summed E-state index contributed by atoms with van der Waals surface area (Å²) >= 11 is 0. The number of rotatable bonds is 9. The Morgan fingerprint density at radius 3 is 2.34 bits per heavy atom. The fourth-order valence-electron chi connectivity index (χ4n) is 2.72. The van der Waals surface area contributed by atoms with Gasteiger partial charge in [0.25, 0.3) is 5.91 Å². The Balaban J connectivity index is 1.93. The number of para-hydroxylation sites is 1. The van der Waals surface area contributed by atoms with Crippen LogP contribution >= 0.6 is 0 Å². The lowest BCUT2D eigenvalue weighted by molar-refractivity contribution is -0.142. The SMILES string of the molecule is CC[C@@H](C)c1ccccc1NC(=O)COC(=O)/C=C/c1cc(OC)cc(OC)c1. The summed E-state index contributed by atoms with van der Waals surface area (Å²) in [6, 6.07) is 12.9. The minimum absolute atomic E-state index is 0.317. The van der Waals surface area contributed by atoms with E-state index in [2.05, 4.69) is 19.2 Å². The largest absolute Gasteiger partial charge is 0.497 e. The van der Waals surface area contributed by atoms with E-state index in [4.69, 9.17) is 14.2 Å². The predicted molar refractivity (Wildman–Crippen MR) is 113 cm³/mol. The van der Waals surface area contributed by atoms with Crippen molar-refractivity contribution in [2.24, 2.45) is 0 Å². The first-order chi connectivity index (χ1) is 14.0. The van der Waals surface area contributed by atoms with Gasteiger partial charge in [-0.3, -0.25) is 4.79 Å². The smallest absolute Gasteiger partial charge is 0.331 e. The molecule has 0 spiro atoms. The average Bonchev–Trinajstić information content (AvgIpc) is 2.75. The summed E-state index contributed by atoms with van der Waals surface area (Å²) in [5, 5.41) is 2.81. The summed E-state index contributed by atoms with van der Waals surface area (Å²) in [4.78, 5) is 24.1. The molecule has 0 fully saturated rings. The Labute approximate surface area is 171 Å². The average molecular weight is 397 g/mol. The maximum Gasteiger partial charge on any atom is 0.331 e. The molecule has 0 aliphatic heterocycles. The molecule has 2 aromatic rings. The third-order valence-electron chi connectivity index (χ3n) is 4.51. The van der Waals surface area contributed by atoms with Crippen molar-refractivity contribution < 1.29 is 23.8 Å².